The molecule has 0 aliphatic heterocycles. The Morgan fingerprint density at radius 1 is 1.22 bits per heavy atom. The van der Waals surface area contributed by atoms with Crippen molar-refractivity contribution in [2.24, 2.45) is 0 Å². The Kier molecular flexibility index (Phi) is 4.61. The molecule has 1 aromatic carbocycles. The summed E-state index contributed by atoms with van der Waals surface area (Å²) in [6.07, 6.45) is 0. The number of rotatable bonds is 3. The van der Waals surface area contributed by atoms with Crippen LogP contribution < -0.4 is 5.32 Å². The predicted molar refractivity (Wildman–Crippen MR) is 71.6 cm³/mol. The molecule has 0 heterocycles. The first-order chi connectivity index (χ1) is 8.16. The van der Waals surface area contributed by atoms with E-state index in [9.17, 15) is 13.2 Å². The molecular weight excluding hydrogens is 299 g/mol. The number of nitrogens with one attached hydrogen (secondary N) is 1. The SMILES string of the molecule is CC(=O)Nc1c(Cl)cc(S(=O)(=O)N(C)C)cc1Cl. The van der Waals surface area contributed by atoms with Crippen molar-refractivity contribution in [1.82, 2.24) is 4.31 Å². The van der Waals surface area contributed by atoms with Crippen molar-refractivity contribution in [2.75, 3.05) is 19.4 Å². The molecule has 8 heteroatoms. The number of carbonyl (C=O) groups is 1. The lowest BCUT2D eigenvalue weighted by Gasteiger charge is -2.14. The molecule has 0 aliphatic carbocycles. The fraction of sp³-hybridized carbons (Fsp3) is 0.300. The molecular formula is C10H12Cl2N2O3S. The lowest BCUT2D eigenvalue weighted by atomic mass is 10.3. The Labute approximate surface area is 116 Å². The molecule has 0 spiro atoms. The van der Waals surface area contributed by atoms with Gasteiger partial charge in [-0.3, -0.25) is 4.79 Å². The second kappa shape index (κ2) is 5.44. The minimum Gasteiger partial charge on any atom is -0.324 e. The quantitative estimate of drug-likeness (QED) is 0.930. The van der Waals surface area contributed by atoms with Crippen LogP contribution >= 0.6 is 23.2 Å². The maximum Gasteiger partial charge on any atom is 0.242 e. The van der Waals surface area contributed by atoms with Crippen LogP contribution in [0.4, 0.5) is 5.69 Å². The van der Waals surface area contributed by atoms with Gasteiger partial charge in [0.2, 0.25) is 15.9 Å². The topological polar surface area (TPSA) is 66.5 Å². The van der Waals surface area contributed by atoms with Crippen LogP contribution in [0.1, 0.15) is 6.92 Å². The van der Waals surface area contributed by atoms with E-state index in [1.807, 2.05) is 0 Å². The largest absolute Gasteiger partial charge is 0.324 e. The Balaban J connectivity index is 3.36. The molecule has 0 fully saturated rings. The molecule has 0 radical (unpaired) electrons. The number of nitrogens with zero attached hydrogens (tertiary/aromatic N) is 1. The Morgan fingerprint density at radius 2 is 1.67 bits per heavy atom. The molecule has 0 bridgehead atoms. The monoisotopic (exact) mass is 310 g/mol. The second-order valence-electron chi connectivity index (χ2n) is 3.73. The third-order valence-electron chi connectivity index (χ3n) is 2.10. The van der Waals surface area contributed by atoms with Gasteiger partial charge in [0, 0.05) is 21.0 Å². The molecule has 0 saturated carbocycles. The van der Waals surface area contributed by atoms with Crippen molar-refractivity contribution in [3.05, 3.63) is 22.2 Å². The average molecular weight is 311 g/mol. The minimum atomic E-state index is -3.62. The molecule has 0 saturated heterocycles. The van der Waals surface area contributed by atoms with Crippen molar-refractivity contribution in [3.63, 3.8) is 0 Å². The Morgan fingerprint density at radius 3 is 2.00 bits per heavy atom. The zero-order valence-electron chi connectivity index (χ0n) is 9.99. The van der Waals surface area contributed by atoms with Crippen molar-refractivity contribution in [1.29, 1.82) is 0 Å². The van der Waals surface area contributed by atoms with Crippen LogP contribution in [0.25, 0.3) is 0 Å². The first kappa shape index (κ1) is 15.2. The van der Waals surface area contributed by atoms with Gasteiger partial charge >= 0.3 is 0 Å². The van der Waals surface area contributed by atoms with Crippen LogP contribution in [0, 0.1) is 0 Å². The van der Waals surface area contributed by atoms with Crippen molar-refractivity contribution in [2.45, 2.75) is 11.8 Å². The van der Waals surface area contributed by atoms with Crippen LogP contribution in [0.3, 0.4) is 0 Å². The predicted octanol–water partition coefficient (Wildman–Crippen LogP) is 2.20. The van der Waals surface area contributed by atoms with Crippen LogP contribution in [0.15, 0.2) is 17.0 Å². The zero-order chi connectivity index (χ0) is 14.1. The highest BCUT2D eigenvalue weighted by Crippen LogP contribution is 2.33. The van der Waals surface area contributed by atoms with Gasteiger partial charge < -0.3 is 5.32 Å². The van der Waals surface area contributed by atoms with E-state index in [2.05, 4.69) is 5.32 Å². The first-order valence-electron chi connectivity index (χ1n) is 4.85. The summed E-state index contributed by atoms with van der Waals surface area (Å²) >= 11 is 11.8. The molecule has 0 aliphatic rings. The number of carbonyl (C=O) groups excluding carboxylic acids is 1. The summed E-state index contributed by atoms with van der Waals surface area (Å²) in [5.41, 5.74) is 0.198. The molecule has 0 unspecified atom stereocenters. The molecule has 18 heavy (non-hydrogen) atoms. The summed E-state index contributed by atoms with van der Waals surface area (Å²) in [6, 6.07) is 2.49. The van der Waals surface area contributed by atoms with Crippen molar-refractivity contribution >= 4 is 44.8 Å². The fourth-order valence-corrected chi connectivity index (χ4v) is 2.87. The van der Waals surface area contributed by atoms with E-state index in [0.29, 0.717) is 0 Å². The van der Waals surface area contributed by atoms with Crippen molar-refractivity contribution in [3.8, 4) is 0 Å². The van der Waals surface area contributed by atoms with Crippen LogP contribution in [-0.4, -0.2) is 32.7 Å². The highest BCUT2D eigenvalue weighted by Gasteiger charge is 2.20. The molecule has 1 aromatic rings. The zero-order valence-corrected chi connectivity index (χ0v) is 12.3. The number of amides is 1. The number of sulfonamides is 1. The van der Waals surface area contributed by atoms with Gasteiger partial charge in [0.1, 0.15) is 0 Å². The highest BCUT2D eigenvalue weighted by molar-refractivity contribution is 7.89. The number of hydrogen-bond donors (Lipinski definition) is 1. The van der Waals surface area contributed by atoms with Crippen LogP contribution in [0.2, 0.25) is 10.0 Å². The number of hydrogen-bond acceptors (Lipinski definition) is 3. The summed E-state index contributed by atoms with van der Waals surface area (Å²) in [5.74, 6) is -0.345. The van der Waals surface area contributed by atoms with Crippen LogP contribution in [-0.2, 0) is 14.8 Å². The lowest BCUT2D eigenvalue weighted by Crippen LogP contribution is -2.22. The summed E-state index contributed by atoms with van der Waals surface area (Å²) < 4.78 is 24.8. The van der Waals surface area contributed by atoms with Gasteiger partial charge in [0.05, 0.1) is 20.6 Å². The van der Waals surface area contributed by atoms with Gasteiger partial charge in [0.15, 0.2) is 0 Å². The van der Waals surface area contributed by atoms with E-state index in [-0.39, 0.29) is 26.5 Å². The summed E-state index contributed by atoms with van der Waals surface area (Å²) in [5, 5.41) is 2.57. The molecule has 0 aromatic heterocycles. The Bertz CT molecular complexity index is 562. The standard InChI is InChI=1S/C10H12Cl2N2O3S/c1-6(15)13-10-8(11)4-7(5-9(10)12)18(16,17)14(2)3/h4-5H,1-3H3,(H,13,15). The summed E-state index contributed by atoms with van der Waals surface area (Å²) in [4.78, 5) is 10.9. The third-order valence-corrected chi connectivity index (χ3v) is 4.48. The maximum absolute atomic E-state index is 11.9. The van der Waals surface area contributed by atoms with E-state index >= 15 is 0 Å². The van der Waals surface area contributed by atoms with E-state index < -0.39 is 10.0 Å². The minimum absolute atomic E-state index is 0.0309. The van der Waals surface area contributed by atoms with Gasteiger partial charge in [-0.05, 0) is 12.1 Å². The third kappa shape index (κ3) is 3.14. The van der Waals surface area contributed by atoms with Gasteiger partial charge in [-0.1, -0.05) is 23.2 Å². The number of halogens is 2. The van der Waals surface area contributed by atoms with Gasteiger partial charge in [-0.15, -0.1) is 0 Å². The first-order valence-corrected chi connectivity index (χ1v) is 7.05. The van der Waals surface area contributed by atoms with E-state index in [0.717, 1.165) is 4.31 Å². The van der Waals surface area contributed by atoms with Crippen LogP contribution in [0.5, 0.6) is 0 Å². The normalized spacial score (nSPS) is 11.7. The Hall–Kier alpha value is -0.820. The van der Waals surface area contributed by atoms with Gasteiger partial charge in [0.25, 0.3) is 0 Å². The highest BCUT2D eigenvalue weighted by atomic mass is 35.5. The maximum atomic E-state index is 11.9. The smallest absolute Gasteiger partial charge is 0.242 e. The average Bonchev–Trinajstić information content (AvgIpc) is 2.22. The molecule has 5 nitrogen and oxygen atoms in total. The summed E-state index contributed by atoms with van der Waals surface area (Å²) in [6.45, 7) is 1.30. The molecule has 0 atom stereocenters. The van der Waals surface area contributed by atoms with Crippen molar-refractivity contribution < 1.29 is 13.2 Å². The van der Waals surface area contributed by atoms with E-state index in [1.54, 1.807) is 0 Å². The molecule has 100 valence electrons. The number of anilines is 1. The molecule has 1 rings (SSSR count). The van der Waals surface area contributed by atoms with E-state index in [4.69, 9.17) is 23.2 Å². The summed E-state index contributed by atoms with van der Waals surface area (Å²) in [7, 11) is -0.812. The second-order valence-corrected chi connectivity index (χ2v) is 6.70. The van der Waals surface area contributed by atoms with E-state index in [1.165, 1.54) is 33.2 Å². The fourth-order valence-electron chi connectivity index (χ4n) is 1.21. The lowest BCUT2D eigenvalue weighted by molar-refractivity contribution is -0.114. The molecule has 1 amide bonds. The molecule has 1 N–H and O–H groups in total. The van der Waals surface area contributed by atoms with Gasteiger partial charge in [-0.2, -0.15) is 0 Å². The number of benzene rings is 1. The van der Waals surface area contributed by atoms with Gasteiger partial charge in [-0.25, -0.2) is 12.7 Å².